The Morgan fingerprint density at radius 1 is 0.394 bits per heavy atom. The largest absolute Gasteiger partial charge is 0.449 e. The first-order valence-electron chi connectivity index (χ1n) is 22.5. The van der Waals surface area contributed by atoms with Crippen molar-refractivity contribution < 1.29 is 79.0 Å². The molecule has 0 heterocycles. The maximum atomic E-state index is 12.3. The Labute approximate surface area is 389 Å². The van der Waals surface area contributed by atoms with Crippen LogP contribution < -0.4 is 5.32 Å². The minimum Gasteiger partial charge on any atom is -0.449 e. The summed E-state index contributed by atoms with van der Waals surface area (Å²) >= 11 is 0. The number of carbonyl (C=O) groups is 1. The van der Waals surface area contributed by atoms with E-state index in [4.69, 9.17) is 65.8 Å². The number of carbonyl (C=O) groups excluding carboxylic acids is 1. The van der Waals surface area contributed by atoms with Gasteiger partial charge in [-0.15, -0.1) is 0 Å². The van der Waals surface area contributed by atoms with Crippen molar-refractivity contribution in [1.29, 1.82) is 0 Å². The highest BCUT2D eigenvalue weighted by molar-refractivity contribution is 7.86. The van der Waals surface area contributed by atoms with Gasteiger partial charge in [0.15, 0.2) is 0 Å². The van der Waals surface area contributed by atoms with Gasteiger partial charge in [-0.1, -0.05) is 66.7 Å². The van der Waals surface area contributed by atoms with Crippen LogP contribution in [0.4, 0.5) is 4.79 Å². The molecule has 3 aromatic rings. The van der Waals surface area contributed by atoms with E-state index in [2.05, 4.69) is 29.6 Å². The number of alkyl carbamates (subject to hydrolysis) is 1. The van der Waals surface area contributed by atoms with Crippen molar-refractivity contribution in [3.05, 3.63) is 90.0 Å². The summed E-state index contributed by atoms with van der Waals surface area (Å²) in [6, 6.07) is 24.5. The summed E-state index contributed by atoms with van der Waals surface area (Å²) in [7, 11) is -3.77. The molecule has 1 N–H and O–H groups in total. The van der Waals surface area contributed by atoms with Crippen LogP contribution in [-0.4, -0.2) is 193 Å². The molecule has 0 fully saturated rings. The molecule has 0 saturated carbocycles. The molecule has 0 saturated heterocycles. The molecule has 0 aromatic heterocycles. The van der Waals surface area contributed by atoms with Crippen LogP contribution in [0.15, 0.2) is 83.8 Å². The first-order chi connectivity index (χ1) is 32.6. The average molecular weight is 952 g/mol. The predicted octanol–water partition coefficient (Wildman–Crippen LogP) is 4.13. The van der Waals surface area contributed by atoms with Gasteiger partial charge in [0.25, 0.3) is 10.1 Å². The maximum Gasteiger partial charge on any atom is 0.407 e. The van der Waals surface area contributed by atoms with Crippen LogP contribution in [0.1, 0.15) is 17.0 Å². The van der Waals surface area contributed by atoms with E-state index in [9.17, 15) is 13.2 Å². The standard InChI is InChI=1S/C47H69NO17S/c49-47(64-40-46-44-12-6-4-10-42(44)43-11-5-7-13-45(43)46)48-14-15-52-16-17-53-18-19-54-20-21-55-22-23-56-24-25-57-26-27-58-28-29-59-30-31-60-32-33-61-34-35-62-36-37-63-38-39-65-66(50,51)41-8-2-1-3-9-41/h1-13,46H,14-40H2,(H,48,49). The Bertz CT molecular complexity index is 1730. The molecule has 0 unspecified atom stereocenters. The minimum absolute atomic E-state index is 0.0284. The van der Waals surface area contributed by atoms with Gasteiger partial charge in [-0.05, 0) is 34.4 Å². The van der Waals surface area contributed by atoms with Gasteiger partial charge in [-0.3, -0.25) is 4.18 Å². The van der Waals surface area contributed by atoms with Gasteiger partial charge in [0.05, 0.1) is 170 Å². The van der Waals surface area contributed by atoms with E-state index in [1.165, 1.54) is 34.4 Å². The van der Waals surface area contributed by atoms with Gasteiger partial charge < -0.3 is 66.9 Å². The fourth-order valence-electron chi connectivity index (χ4n) is 6.25. The first-order valence-corrected chi connectivity index (χ1v) is 23.9. The Balaban J connectivity index is 0.755. The van der Waals surface area contributed by atoms with Crippen LogP contribution >= 0.6 is 0 Å². The monoisotopic (exact) mass is 951 g/mol. The van der Waals surface area contributed by atoms with E-state index in [0.717, 1.165) is 0 Å². The highest BCUT2D eigenvalue weighted by Crippen LogP contribution is 2.44. The number of ether oxygens (including phenoxy) is 13. The minimum atomic E-state index is -3.77. The topological polar surface area (TPSA) is 192 Å². The Morgan fingerprint density at radius 2 is 0.697 bits per heavy atom. The van der Waals surface area contributed by atoms with Crippen molar-refractivity contribution in [3.8, 4) is 11.1 Å². The third-order valence-corrected chi connectivity index (χ3v) is 10.8. The van der Waals surface area contributed by atoms with E-state index >= 15 is 0 Å². The molecule has 0 aliphatic heterocycles. The van der Waals surface area contributed by atoms with E-state index in [1.807, 2.05) is 24.3 Å². The second kappa shape index (κ2) is 36.4. The highest BCUT2D eigenvalue weighted by atomic mass is 32.2. The lowest BCUT2D eigenvalue weighted by atomic mass is 9.98. The summed E-state index contributed by atoms with van der Waals surface area (Å²) in [6.45, 7) is 10.8. The van der Waals surface area contributed by atoms with Crippen molar-refractivity contribution in [2.24, 2.45) is 0 Å². The Morgan fingerprint density at radius 3 is 1.06 bits per heavy atom. The summed E-state index contributed by atoms with van der Waals surface area (Å²) in [4.78, 5) is 12.4. The van der Waals surface area contributed by atoms with Gasteiger partial charge >= 0.3 is 6.09 Å². The number of amides is 1. The molecule has 19 heteroatoms. The SMILES string of the molecule is O=C(NCCOCCOCCOCCOCCOCCOCCOCCOCCOCCOCCOCCOCCOS(=O)(=O)c1ccccc1)OCC1c2ccccc2-c2ccccc21. The molecule has 66 heavy (non-hydrogen) atoms. The molecule has 1 aliphatic carbocycles. The smallest absolute Gasteiger partial charge is 0.407 e. The molecule has 4 rings (SSSR count). The Hall–Kier alpha value is -3.64. The highest BCUT2D eigenvalue weighted by Gasteiger charge is 2.29. The summed E-state index contributed by atoms with van der Waals surface area (Å²) in [5, 5.41) is 2.74. The average Bonchev–Trinajstić information content (AvgIpc) is 3.66. The first kappa shape index (κ1) is 55.0. The lowest BCUT2D eigenvalue weighted by molar-refractivity contribution is -0.0285. The number of hydrogen-bond acceptors (Lipinski definition) is 17. The van der Waals surface area contributed by atoms with Gasteiger partial charge in [0.2, 0.25) is 0 Å². The summed E-state index contributed by atoms with van der Waals surface area (Å²) < 4.78 is 100. The molecular formula is C47H69NO17S. The molecule has 0 atom stereocenters. The number of hydrogen-bond donors (Lipinski definition) is 1. The molecule has 1 amide bonds. The maximum absolute atomic E-state index is 12.3. The zero-order chi connectivity index (χ0) is 46.4. The van der Waals surface area contributed by atoms with Crippen LogP contribution in [-0.2, 0) is 75.9 Å². The third-order valence-electron chi connectivity index (χ3n) is 9.45. The van der Waals surface area contributed by atoms with Crippen LogP contribution in [0.2, 0.25) is 0 Å². The van der Waals surface area contributed by atoms with Gasteiger partial charge in [-0.2, -0.15) is 8.42 Å². The fraction of sp³-hybridized carbons (Fsp3) is 0.596. The second-order valence-corrected chi connectivity index (χ2v) is 15.8. The van der Waals surface area contributed by atoms with Crippen molar-refractivity contribution in [1.82, 2.24) is 5.32 Å². The molecule has 1 aliphatic rings. The van der Waals surface area contributed by atoms with Crippen LogP contribution in [0.3, 0.4) is 0 Å². The Kier molecular flexibility index (Phi) is 30.3. The van der Waals surface area contributed by atoms with Gasteiger partial charge in [0.1, 0.15) is 6.61 Å². The molecule has 0 radical (unpaired) electrons. The number of fused-ring (bicyclic) bond motifs is 3. The van der Waals surface area contributed by atoms with Gasteiger partial charge in [-0.25, -0.2) is 4.79 Å². The molecular weight excluding hydrogens is 883 g/mol. The van der Waals surface area contributed by atoms with Crippen molar-refractivity contribution >= 4 is 16.2 Å². The van der Waals surface area contributed by atoms with Crippen molar-refractivity contribution in [3.63, 3.8) is 0 Å². The van der Waals surface area contributed by atoms with E-state index in [1.54, 1.807) is 18.2 Å². The third kappa shape index (κ3) is 24.4. The molecule has 3 aromatic carbocycles. The molecule has 0 spiro atoms. The second-order valence-electron chi connectivity index (χ2n) is 14.2. The van der Waals surface area contributed by atoms with Crippen molar-refractivity contribution in [2.45, 2.75) is 10.8 Å². The lowest BCUT2D eigenvalue weighted by Gasteiger charge is -2.14. The zero-order valence-corrected chi connectivity index (χ0v) is 38.8. The predicted molar refractivity (Wildman–Crippen MR) is 242 cm³/mol. The van der Waals surface area contributed by atoms with Crippen molar-refractivity contribution in [2.75, 3.05) is 178 Å². The van der Waals surface area contributed by atoms with Crippen LogP contribution in [0.5, 0.6) is 0 Å². The number of benzene rings is 3. The number of nitrogens with one attached hydrogen (secondary N) is 1. The van der Waals surface area contributed by atoms with Crippen LogP contribution in [0, 0.1) is 0 Å². The van der Waals surface area contributed by atoms with E-state index in [-0.39, 0.29) is 30.6 Å². The van der Waals surface area contributed by atoms with E-state index < -0.39 is 16.2 Å². The quantitative estimate of drug-likeness (QED) is 0.0629. The van der Waals surface area contributed by atoms with E-state index in [0.29, 0.717) is 159 Å². The zero-order valence-electron chi connectivity index (χ0n) is 38.0. The normalized spacial score (nSPS) is 12.4. The molecule has 370 valence electrons. The molecule has 0 bridgehead atoms. The summed E-state index contributed by atoms with van der Waals surface area (Å²) in [5.41, 5.74) is 4.75. The van der Waals surface area contributed by atoms with Gasteiger partial charge in [0, 0.05) is 12.5 Å². The molecule has 18 nitrogen and oxygen atoms in total. The van der Waals surface area contributed by atoms with Crippen LogP contribution in [0.25, 0.3) is 11.1 Å². The summed E-state index contributed by atoms with van der Waals surface area (Å²) in [6.07, 6.45) is -0.460. The lowest BCUT2D eigenvalue weighted by Crippen LogP contribution is -2.29. The summed E-state index contributed by atoms with van der Waals surface area (Å²) in [5.74, 6) is 0.0284. The number of rotatable bonds is 43. The fourth-order valence-corrected chi connectivity index (χ4v) is 7.17.